The largest absolute Gasteiger partial charge is 0.390 e. The molecule has 0 aliphatic heterocycles. The summed E-state index contributed by atoms with van der Waals surface area (Å²) in [5, 5.41) is 31.8. The molecule has 4 atom stereocenters. The highest BCUT2D eigenvalue weighted by Crippen LogP contribution is 2.43. The number of aliphatic hydroxyl groups excluding tert-OH is 2. The van der Waals surface area contributed by atoms with Crippen molar-refractivity contribution in [3.63, 3.8) is 0 Å². The van der Waals surface area contributed by atoms with Crippen LogP contribution < -0.4 is 0 Å². The fourth-order valence-electron chi connectivity index (χ4n) is 3.30. The van der Waals surface area contributed by atoms with Crippen molar-refractivity contribution >= 4 is 0 Å². The summed E-state index contributed by atoms with van der Waals surface area (Å²) >= 11 is 0. The second kappa shape index (κ2) is 5.60. The van der Waals surface area contributed by atoms with Gasteiger partial charge in [0.05, 0.1) is 6.10 Å². The van der Waals surface area contributed by atoms with Crippen LogP contribution in [-0.2, 0) is 5.60 Å². The normalized spacial score (nSPS) is 32.8. The zero-order valence-electron chi connectivity index (χ0n) is 11.8. The molecule has 0 radical (unpaired) electrons. The Bertz CT molecular complexity index is 584. The molecule has 1 saturated carbocycles. The highest BCUT2D eigenvalue weighted by atomic mass is 16.4. The molecule has 0 aromatic heterocycles. The predicted molar refractivity (Wildman–Crippen MR) is 80.8 cm³/mol. The first-order valence-corrected chi connectivity index (χ1v) is 7.32. The first-order chi connectivity index (χ1) is 10.1. The summed E-state index contributed by atoms with van der Waals surface area (Å²) < 4.78 is 0. The van der Waals surface area contributed by atoms with Crippen LogP contribution >= 0.6 is 0 Å². The van der Waals surface area contributed by atoms with Gasteiger partial charge in [0.15, 0.2) is 0 Å². The molecule has 2 aromatic rings. The Hall–Kier alpha value is -1.68. The summed E-state index contributed by atoms with van der Waals surface area (Å²) in [6.07, 6.45) is -1.12. The van der Waals surface area contributed by atoms with Gasteiger partial charge in [-0.25, -0.2) is 0 Å². The lowest BCUT2D eigenvalue weighted by Crippen LogP contribution is -2.52. The molecule has 0 bridgehead atoms. The topological polar surface area (TPSA) is 60.7 Å². The molecule has 1 aliphatic rings. The Kier molecular flexibility index (Phi) is 3.81. The summed E-state index contributed by atoms with van der Waals surface area (Å²) in [4.78, 5) is 0. The number of hydrogen-bond acceptors (Lipinski definition) is 3. The van der Waals surface area contributed by atoms with E-state index in [0.29, 0.717) is 18.4 Å². The first-order valence-electron chi connectivity index (χ1n) is 7.32. The molecule has 0 heterocycles. The summed E-state index contributed by atoms with van der Waals surface area (Å²) in [5.74, 6) is -0.148. The zero-order chi connectivity index (χ0) is 14.9. The molecule has 21 heavy (non-hydrogen) atoms. The lowest BCUT2D eigenvalue weighted by molar-refractivity contribution is -0.163. The van der Waals surface area contributed by atoms with Crippen LogP contribution in [0.2, 0.25) is 0 Å². The van der Waals surface area contributed by atoms with Gasteiger partial charge in [-0.3, -0.25) is 0 Å². The zero-order valence-corrected chi connectivity index (χ0v) is 11.8. The van der Waals surface area contributed by atoms with Gasteiger partial charge in [0.25, 0.3) is 0 Å². The van der Waals surface area contributed by atoms with Crippen molar-refractivity contribution in [3.05, 3.63) is 71.8 Å². The molecule has 3 nitrogen and oxygen atoms in total. The monoisotopic (exact) mass is 284 g/mol. The van der Waals surface area contributed by atoms with Crippen LogP contribution in [0.5, 0.6) is 0 Å². The van der Waals surface area contributed by atoms with E-state index >= 15 is 0 Å². The third-order valence-corrected chi connectivity index (χ3v) is 4.56. The lowest BCUT2D eigenvalue weighted by atomic mass is 9.69. The van der Waals surface area contributed by atoms with Gasteiger partial charge in [-0.15, -0.1) is 0 Å². The van der Waals surface area contributed by atoms with E-state index in [1.54, 1.807) is 12.1 Å². The fraction of sp³-hybridized carbons (Fsp3) is 0.333. The summed E-state index contributed by atoms with van der Waals surface area (Å²) in [6, 6.07) is 18.8. The average Bonchev–Trinajstić information content (AvgIpc) is 2.54. The highest BCUT2D eigenvalue weighted by molar-refractivity contribution is 5.29. The van der Waals surface area contributed by atoms with Gasteiger partial charge in [-0.2, -0.15) is 0 Å². The molecule has 3 heteroatoms. The van der Waals surface area contributed by atoms with Crippen LogP contribution in [0.15, 0.2) is 60.7 Å². The Morgan fingerprint density at radius 3 is 2.05 bits per heavy atom. The van der Waals surface area contributed by atoms with Crippen molar-refractivity contribution in [3.8, 4) is 0 Å². The Balaban J connectivity index is 1.88. The molecule has 2 aromatic carbocycles. The third kappa shape index (κ3) is 2.48. The first kappa shape index (κ1) is 14.3. The third-order valence-electron chi connectivity index (χ3n) is 4.56. The SMILES string of the molecule is OC1C(c2ccccc2)CCC(O)(c2ccccc2)C1O. The molecular formula is C18H20O3. The minimum atomic E-state index is -1.38. The van der Waals surface area contributed by atoms with Crippen molar-refractivity contribution in [1.82, 2.24) is 0 Å². The fourth-order valence-corrected chi connectivity index (χ4v) is 3.30. The Morgan fingerprint density at radius 1 is 0.857 bits per heavy atom. The summed E-state index contributed by atoms with van der Waals surface area (Å²) in [7, 11) is 0. The molecule has 4 unspecified atom stereocenters. The van der Waals surface area contributed by atoms with Crippen molar-refractivity contribution in [1.29, 1.82) is 0 Å². The van der Waals surface area contributed by atoms with Crippen molar-refractivity contribution in [2.75, 3.05) is 0 Å². The smallest absolute Gasteiger partial charge is 0.118 e. The quantitative estimate of drug-likeness (QED) is 0.792. The number of rotatable bonds is 2. The number of aliphatic hydroxyl groups is 3. The molecule has 110 valence electrons. The van der Waals surface area contributed by atoms with E-state index in [1.165, 1.54) is 0 Å². The van der Waals surface area contributed by atoms with Gasteiger partial charge in [0.2, 0.25) is 0 Å². The molecular weight excluding hydrogens is 264 g/mol. The van der Waals surface area contributed by atoms with E-state index in [1.807, 2.05) is 48.5 Å². The van der Waals surface area contributed by atoms with E-state index in [4.69, 9.17) is 0 Å². The molecule has 0 amide bonds. The van der Waals surface area contributed by atoms with Crippen LogP contribution in [-0.4, -0.2) is 27.5 Å². The van der Waals surface area contributed by atoms with Gasteiger partial charge in [-0.05, 0) is 24.0 Å². The molecule has 3 rings (SSSR count). The molecule has 1 aliphatic carbocycles. The van der Waals surface area contributed by atoms with E-state index in [-0.39, 0.29) is 5.92 Å². The molecule has 0 saturated heterocycles. The standard InChI is InChI=1S/C18H20O3/c19-16-15(13-7-3-1-4-8-13)11-12-18(21,17(16)20)14-9-5-2-6-10-14/h1-10,15-17,19-21H,11-12H2. The second-order valence-corrected chi connectivity index (χ2v) is 5.78. The van der Waals surface area contributed by atoms with E-state index in [9.17, 15) is 15.3 Å². The lowest BCUT2D eigenvalue weighted by Gasteiger charge is -2.44. The van der Waals surface area contributed by atoms with Crippen LogP contribution in [0.3, 0.4) is 0 Å². The van der Waals surface area contributed by atoms with E-state index in [0.717, 1.165) is 5.56 Å². The molecule has 3 N–H and O–H groups in total. The van der Waals surface area contributed by atoms with Crippen molar-refractivity contribution in [2.45, 2.75) is 36.6 Å². The van der Waals surface area contributed by atoms with Crippen LogP contribution in [0.4, 0.5) is 0 Å². The maximum Gasteiger partial charge on any atom is 0.118 e. The minimum Gasteiger partial charge on any atom is -0.390 e. The average molecular weight is 284 g/mol. The van der Waals surface area contributed by atoms with Gasteiger partial charge < -0.3 is 15.3 Å². The van der Waals surface area contributed by atoms with E-state index in [2.05, 4.69) is 0 Å². The van der Waals surface area contributed by atoms with Crippen LogP contribution in [0.25, 0.3) is 0 Å². The maximum absolute atomic E-state index is 10.8. The van der Waals surface area contributed by atoms with Crippen molar-refractivity contribution < 1.29 is 15.3 Å². The number of hydrogen-bond donors (Lipinski definition) is 3. The molecule has 1 fully saturated rings. The van der Waals surface area contributed by atoms with Crippen LogP contribution in [0, 0.1) is 0 Å². The van der Waals surface area contributed by atoms with Gasteiger partial charge in [0, 0.05) is 5.92 Å². The van der Waals surface area contributed by atoms with Crippen LogP contribution in [0.1, 0.15) is 29.9 Å². The minimum absolute atomic E-state index is 0.148. The predicted octanol–water partition coefficient (Wildman–Crippen LogP) is 2.17. The summed E-state index contributed by atoms with van der Waals surface area (Å²) in [5.41, 5.74) is 0.272. The highest BCUT2D eigenvalue weighted by Gasteiger charge is 2.48. The number of benzene rings is 2. The van der Waals surface area contributed by atoms with Gasteiger partial charge in [0.1, 0.15) is 11.7 Å². The Labute approximate surface area is 124 Å². The van der Waals surface area contributed by atoms with Crippen molar-refractivity contribution in [2.24, 2.45) is 0 Å². The van der Waals surface area contributed by atoms with E-state index < -0.39 is 17.8 Å². The maximum atomic E-state index is 10.8. The molecule has 0 spiro atoms. The second-order valence-electron chi connectivity index (χ2n) is 5.78. The summed E-state index contributed by atoms with van der Waals surface area (Å²) in [6.45, 7) is 0. The van der Waals surface area contributed by atoms with Gasteiger partial charge in [-0.1, -0.05) is 60.7 Å². The van der Waals surface area contributed by atoms with Gasteiger partial charge >= 0.3 is 0 Å². The Morgan fingerprint density at radius 2 is 1.43 bits per heavy atom.